The molecule has 0 bridgehead atoms. The zero-order valence-corrected chi connectivity index (χ0v) is 15.0. The number of halogens is 2. The van der Waals surface area contributed by atoms with Gasteiger partial charge in [-0.3, -0.25) is 4.79 Å². The molecule has 5 nitrogen and oxygen atoms in total. The summed E-state index contributed by atoms with van der Waals surface area (Å²) < 4.78 is 26.6. The smallest absolute Gasteiger partial charge is 0.326 e. The fourth-order valence-electron chi connectivity index (χ4n) is 2.97. The van der Waals surface area contributed by atoms with E-state index in [0.29, 0.717) is 6.07 Å². The van der Waals surface area contributed by atoms with Crippen LogP contribution in [0.25, 0.3) is 17.0 Å². The van der Waals surface area contributed by atoms with Gasteiger partial charge in [-0.15, -0.1) is 0 Å². The molecule has 0 radical (unpaired) electrons. The first kappa shape index (κ1) is 19.3. The summed E-state index contributed by atoms with van der Waals surface area (Å²) in [4.78, 5) is 28.3. The predicted octanol–water partition coefficient (Wildman–Crippen LogP) is 3.61. The van der Waals surface area contributed by atoms with Crippen LogP contribution in [0.5, 0.6) is 0 Å². The minimum Gasteiger partial charge on any atom is -0.480 e. The summed E-state index contributed by atoms with van der Waals surface area (Å²) in [6, 6.07) is 9.36. The average Bonchev–Trinajstić information content (AvgIpc) is 3.07. The number of benzene rings is 2. The quantitative estimate of drug-likeness (QED) is 0.638. The number of fused-ring (bicyclic) bond motifs is 1. The minimum absolute atomic E-state index is 0.0339. The Morgan fingerprint density at radius 2 is 1.96 bits per heavy atom. The summed E-state index contributed by atoms with van der Waals surface area (Å²) in [6.07, 6.45) is 4.10. The number of aromatic nitrogens is 1. The molecule has 3 rings (SSSR count). The third-order valence-electron chi connectivity index (χ3n) is 4.56. The number of nitrogens with one attached hydrogen (secondary N) is 1. The van der Waals surface area contributed by atoms with Crippen molar-refractivity contribution in [1.82, 2.24) is 9.88 Å². The van der Waals surface area contributed by atoms with Crippen LogP contribution < -0.4 is 0 Å². The van der Waals surface area contributed by atoms with Crippen molar-refractivity contribution in [2.24, 2.45) is 0 Å². The van der Waals surface area contributed by atoms with Crippen LogP contribution in [0.4, 0.5) is 8.78 Å². The zero-order valence-electron chi connectivity index (χ0n) is 15.0. The molecule has 0 aliphatic rings. The van der Waals surface area contributed by atoms with Crippen LogP contribution in [0.3, 0.4) is 0 Å². The lowest BCUT2D eigenvalue weighted by molar-refractivity contribution is -0.147. The zero-order chi connectivity index (χ0) is 20.3. The number of carboxylic acid groups (broad SMARTS) is 1. The maximum Gasteiger partial charge on any atom is 0.326 e. The van der Waals surface area contributed by atoms with Crippen molar-refractivity contribution in [1.29, 1.82) is 0 Å². The molecular weight excluding hydrogens is 366 g/mol. The Kier molecular flexibility index (Phi) is 5.54. The average molecular weight is 384 g/mol. The van der Waals surface area contributed by atoms with Crippen molar-refractivity contribution in [3.8, 4) is 0 Å². The number of likely N-dealkylation sites (N-methyl/N-ethyl adjacent to an activating group) is 1. The second-order valence-corrected chi connectivity index (χ2v) is 6.37. The van der Waals surface area contributed by atoms with Gasteiger partial charge in [-0.2, -0.15) is 0 Å². The number of rotatable bonds is 6. The molecule has 28 heavy (non-hydrogen) atoms. The third kappa shape index (κ3) is 4.09. The molecule has 1 amide bonds. The Morgan fingerprint density at radius 3 is 2.68 bits per heavy atom. The number of carboxylic acids is 1. The molecule has 1 heterocycles. The molecule has 2 aromatic carbocycles. The third-order valence-corrected chi connectivity index (χ3v) is 4.56. The largest absolute Gasteiger partial charge is 0.480 e. The molecule has 0 fully saturated rings. The van der Waals surface area contributed by atoms with E-state index in [-0.39, 0.29) is 12.0 Å². The van der Waals surface area contributed by atoms with Crippen LogP contribution in [0.15, 0.2) is 54.7 Å². The summed E-state index contributed by atoms with van der Waals surface area (Å²) in [5.41, 5.74) is 1.69. The SMILES string of the molecule is CN(C(=O)C=Cc1ccc(F)cc1F)[C@@H](Cc1c[nH]c2ccccc12)C(=O)O. The Labute approximate surface area is 159 Å². The van der Waals surface area contributed by atoms with Crippen molar-refractivity contribution in [2.75, 3.05) is 7.05 Å². The summed E-state index contributed by atoms with van der Waals surface area (Å²) in [5, 5.41) is 10.5. The highest BCUT2D eigenvalue weighted by Gasteiger charge is 2.26. The summed E-state index contributed by atoms with van der Waals surface area (Å²) in [7, 11) is 1.38. The molecule has 1 aromatic heterocycles. The van der Waals surface area contributed by atoms with Gasteiger partial charge in [-0.1, -0.05) is 18.2 Å². The van der Waals surface area contributed by atoms with Crippen LogP contribution in [-0.4, -0.2) is 40.0 Å². The van der Waals surface area contributed by atoms with Crippen molar-refractivity contribution in [2.45, 2.75) is 12.5 Å². The molecule has 1 atom stereocenters. The van der Waals surface area contributed by atoms with Crippen molar-refractivity contribution < 1.29 is 23.5 Å². The molecular formula is C21H18F2N2O3. The molecule has 0 unspecified atom stereocenters. The molecule has 0 aliphatic carbocycles. The Hall–Kier alpha value is -3.48. The maximum absolute atomic E-state index is 13.7. The number of para-hydroxylation sites is 1. The van der Waals surface area contributed by atoms with Gasteiger partial charge in [0.1, 0.15) is 17.7 Å². The van der Waals surface area contributed by atoms with Crippen LogP contribution in [0.1, 0.15) is 11.1 Å². The van der Waals surface area contributed by atoms with Crippen molar-refractivity contribution in [3.05, 3.63) is 77.5 Å². The van der Waals surface area contributed by atoms with Gasteiger partial charge in [0.05, 0.1) is 0 Å². The van der Waals surface area contributed by atoms with E-state index in [0.717, 1.165) is 33.5 Å². The van der Waals surface area contributed by atoms with E-state index in [1.165, 1.54) is 19.2 Å². The number of carbonyl (C=O) groups excluding carboxylic acids is 1. The van der Waals surface area contributed by atoms with E-state index in [1.54, 1.807) is 6.20 Å². The molecule has 7 heteroatoms. The van der Waals surface area contributed by atoms with E-state index >= 15 is 0 Å². The first-order chi connectivity index (χ1) is 13.4. The van der Waals surface area contributed by atoms with E-state index in [2.05, 4.69) is 4.98 Å². The number of aromatic amines is 1. The highest BCUT2D eigenvalue weighted by molar-refractivity contribution is 5.94. The number of H-pyrrole nitrogens is 1. The molecule has 0 saturated carbocycles. The van der Waals surface area contributed by atoms with Crippen LogP contribution >= 0.6 is 0 Å². The Balaban J connectivity index is 1.78. The Bertz CT molecular complexity index is 1060. The molecule has 0 spiro atoms. The molecule has 3 aromatic rings. The van der Waals surface area contributed by atoms with Gasteiger partial charge in [0.2, 0.25) is 5.91 Å². The standard InChI is InChI=1S/C21H18F2N2O3/c1-25(20(26)9-7-13-6-8-15(22)11-17(13)23)19(21(27)28)10-14-12-24-18-5-3-2-4-16(14)18/h2-9,11-12,19,24H,10H2,1H3,(H,27,28)/t19-/m0/s1. The number of aliphatic carboxylic acids is 1. The lowest BCUT2D eigenvalue weighted by atomic mass is 10.0. The van der Waals surface area contributed by atoms with Gasteiger partial charge < -0.3 is 15.0 Å². The number of hydrogen-bond acceptors (Lipinski definition) is 2. The van der Waals surface area contributed by atoms with E-state index in [4.69, 9.17) is 0 Å². The number of hydrogen-bond donors (Lipinski definition) is 2. The number of amides is 1. The number of nitrogens with zero attached hydrogens (tertiary/aromatic N) is 1. The maximum atomic E-state index is 13.7. The first-order valence-electron chi connectivity index (χ1n) is 8.54. The van der Waals surface area contributed by atoms with E-state index < -0.39 is 29.6 Å². The van der Waals surface area contributed by atoms with Gasteiger partial charge in [0.15, 0.2) is 0 Å². The summed E-state index contributed by atoms with van der Waals surface area (Å²) in [5.74, 6) is -3.28. The highest BCUT2D eigenvalue weighted by atomic mass is 19.1. The predicted molar refractivity (Wildman–Crippen MR) is 102 cm³/mol. The molecule has 144 valence electrons. The fraction of sp³-hybridized carbons (Fsp3) is 0.143. The second-order valence-electron chi connectivity index (χ2n) is 6.37. The Morgan fingerprint density at radius 1 is 1.21 bits per heavy atom. The van der Waals surface area contributed by atoms with Gasteiger partial charge in [-0.05, 0) is 29.8 Å². The lowest BCUT2D eigenvalue weighted by Gasteiger charge is -2.23. The lowest BCUT2D eigenvalue weighted by Crippen LogP contribution is -2.43. The van der Waals surface area contributed by atoms with Gasteiger partial charge in [-0.25, -0.2) is 13.6 Å². The minimum atomic E-state index is -1.15. The summed E-state index contributed by atoms with van der Waals surface area (Å²) in [6.45, 7) is 0. The van der Waals surface area contributed by atoms with Crippen LogP contribution in [-0.2, 0) is 16.0 Å². The monoisotopic (exact) mass is 384 g/mol. The molecule has 0 saturated heterocycles. The van der Waals surface area contributed by atoms with Crippen molar-refractivity contribution >= 4 is 28.9 Å². The highest BCUT2D eigenvalue weighted by Crippen LogP contribution is 2.20. The topological polar surface area (TPSA) is 73.4 Å². The van der Waals surface area contributed by atoms with Gasteiger partial charge in [0, 0.05) is 48.3 Å². The molecule has 0 aliphatic heterocycles. The number of carbonyl (C=O) groups is 2. The van der Waals surface area contributed by atoms with E-state index in [9.17, 15) is 23.5 Å². The van der Waals surface area contributed by atoms with Crippen LogP contribution in [0.2, 0.25) is 0 Å². The summed E-state index contributed by atoms with van der Waals surface area (Å²) >= 11 is 0. The fourth-order valence-corrected chi connectivity index (χ4v) is 2.97. The first-order valence-corrected chi connectivity index (χ1v) is 8.54. The van der Waals surface area contributed by atoms with Crippen LogP contribution in [0, 0.1) is 11.6 Å². The second kappa shape index (κ2) is 8.04. The van der Waals surface area contributed by atoms with Gasteiger partial charge >= 0.3 is 5.97 Å². The molecule has 2 N–H and O–H groups in total. The van der Waals surface area contributed by atoms with E-state index in [1.807, 2.05) is 24.3 Å². The van der Waals surface area contributed by atoms with Crippen molar-refractivity contribution in [3.63, 3.8) is 0 Å². The van der Waals surface area contributed by atoms with Gasteiger partial charge in [0.25, 0.3) is 0 Å². The normalized spacial score (nSPS) is 12.4.